The molecule has 3 N–H and O–H groups in total. The molecule has 1 saturated heterocycles. The van der Waals surface area contributed by atoms with E-state index >= 15 is 0 Å². The third-order valence-corrected chi connectivity index (χ3v) is 4.72. The van der Waals surface area contributed by atoms with Crippen molar-refractivity contribution in [2.45, 2.75) is 25.3 Å². The predicted molar refractivity (Wildman–Crippen MR) is 93.0 cm³/mol. The molecule has 2 amide bonds. The molecule has 1 aromatic carbocycles. The zero-order chi connectivity index (χ0) is 19.8. The van der Waals surface area contributed by atoms with Gasteiger partial charge in [-0.25, -0.2) is 4.98 Å². The molecule has 27 heavy (non-hydrogen) atoms. The van der Waals surface area contributed by atoms with Crippen molar-refractivity contribution in [3.63, 3.8) is 0 Å². The molecule has 0 radical (unpaired) electrons. The highest BCUT2D eigenvalue weighted by Gasteiger charge is 2.56. The highest BCUT2D eigenvalue weighted by Crippen LogP contribution is 2.36. The van der Waals surface area contributed by atoms with Crippen molar-refractivity contribution in [2.75, 3.05) is 13.7 Å². The Morgan fingerprint density at radius 1 is 1.41 bits per heavy atom. The van der Waals surface area contributed by atoms with Gasteiger partial charge in [-0.2, -0.15) is 8.78 Å². The number of carbonyl (C=O) groups is 2. The molecule has 1 aliphatic rings. The van der Waals surface area contributed by atoms with E-state index in [0.29, 0.717) is 10.8 Å². The summed E-state index contributed by atoms with van der Waals surface area (Å²) >= 11 is 0. The van der Waals surface area contributed by atoms with Gasteiger partial charge < -0.3 is 20.5 Å². The van der Waals surface area contributed by atoms with Crippen molar-refractivity contribution in [3.8, 4) is 11.6 Å². The lowest BCUT2D eigenvalue weighted by Gasteiger charge is -2.20. The molecule has 0 bridgehead atoms. The molecule has 2 atom stereocenters. The average Bonchev–Trinajstić information content (AvgIpc) is 2.86. The van der Waals surface area contributed by atoms with E-state index in [-0.39, 0.29) is 30.2 Å². The third-order valence-electron chi connectivity index (χ3n) is 4.72. The van der Waals surface area contributed by atoms with Crippen LogP contribution in [-0.4, -0.2) is 42.5 Å². The standard InChI is InChI=1S/C18H19F2N3O4/c1-3-12-13(23-17(25)18(12,19)20)8-27-16-10-7-14(26-2)11(15(21)24)6-9(10)4-5-22-16/h4-7,12-13H,3,8H2,1-2H3,(H2,21,24)(H,23,25)/t12-,13+/m0/s1. The van der Waals surface area contributed by atoms with E-state index in [9.17, 15) is 18.4 Å². The smallest absolute Gasteiger partial charge is 0.329 e. The maximum atomic E-state index is 13.9. The van der Waals surface area contributed by atoms with E-state index in [0.717, 1.165) is 0 Å². The van der Waals surface area contributed by atoms with Gasteiger partial charge in [-0.3, -0.25) is 9.59 Å². The van der Waals surface area contributed by atoms with Crippen LogP contribution in [0.15, 0.2) is 24.4 Å². The van der Waals surface area contributed by atoms with Crippen LogP contribution in [-0.2, 0) is 4.79 Å². The van der Waals surface area contributed by atoms with Gasteiger partial charge in [-0.15, -0.1) is 0 Å². The molecule has 0 spiro atoms. The van der Waals surface area contributed by atoms with Crippen LogP contribution >= 0.6 is 0 Å². The summed E-state index contributed by atoms with van der Waals surface area (Å²) in [6.45, 7) is 1.43. The molecule has 2 heterocycles. The number of methoxy groups -OCH3 is 1. The number of nitrogens with zero attached hydrogens (tertiary/aromatic N) is 1. The Bertz CT molecular complexity index is 904. The monoisotopic (exact) mass is 379 g/mol. The molecule has 0 aliphatic carbocycles. The summed E-state index contributed by atoms with van der Waals surface area (Å²) in [5.74, 6) is -6.08. The first-order valence-electron chi connectivity index (χ1n) is 8.37. The van der Waals surface area contributed by atoms with Gasteiger partial charge >= 0.3 is 5.92 Å². The highest BCUT2D eigenvalue weighted by atomic mass is 19.3. The van der Waals surface area contributed by atoms with E-state index in [4.69, 9.17) is 15.2 Å². The lowest BCUT2D eigenvalue weighted by molar-refractivity contribution is -0.144. The molecule has 0 unspecified atom stereocenters. The summed E-state index contributed by atoms with van der Waals surface area (Å²) in [6, 6.07) is 3.93. The quantitative estimate of drug-likeness (QED) is 0.798. The molecule has 144 valence electrons. The third kappa shape index (κ3) is 3.24. The van der Waals surface area contributed by atoms with Crippen molar-refractivity contribution in [3.05, 3.63) is 30.0 Å². The number of nitrogens with two attached hydrogens (primary N) is 1. The van der Waals surface area contributed by atoms with Crippen molar-refractivity contribution in [2.24, 2.45) is 11.7 Å². The Labute approximate surface area is 153 Å². The first-order valence-corrected chi connectivity index (χ1v) is 8.37. The van der Waals surface area contributed by atoms with Gasteiger partial charge in [0.2, 0.25) is 5.88 Å². The fourth-order valence-electron chi connectivity index (χ4n) is 3.30. The Hall–Kier alpha value is -2.97. The summed E-state index contributed by atoms with van der Waals surface area (Å²) in [5, 5.41) is 3.44. The number of primary amides is 1. The molecule has 3 rings (SSSR count). The van der Waals surface area contributed by atoms with Crippen molar-refractivity contribution >= 4 is 22.6 Å². The van der Waals surface area contributed by atoms with E-state index in [2.05, 4.69) is 10.3 Å². The average molecular weight is 379 g/mol. The maximum Gasteiger partial charge on any atom is 0.329 e. The zero-order valence-electron chi connectivity index (χ0n) is 14.8. The van der Waals surface area contributed by atoms with Gasteiger partial charge in [-0.1, -0.05) is 6.92 Å². The number of amides is 2. The second-order valence-electron chi connectivity index (χ2n) is 6.28. The van der Waals surface area contributed by atoms with Crippen LogP contribution in [0, 0.1) is 5.92 Å². The van der Waals surface area contributed by atoms with Crippen molar-refractivity contribution in [1.82, 2.24) is 10.3 Å². The summed E-state index contributed by atoms with van der Waals surface area (Å²) in [5.41, 5.74) is 5.56. The number of hydrogen-bond acceptors (Lipinski definition) is 5. The fourth-order valence-corrected chi connectivity index (χ4v) is 3.30. The largest absolute Gasteiger partial charge is 0.496 e. The van der Waals surface area contributed by atoms with Crippen LogP contribution in [0.5, 0.6) is 11.6 Å². The van der Waals surface area contributed by atoms with Crippen LogP contribution in [0.3, 0.4) is 0 Å². The second kappa shape index (κ2) is 6.98. The zero-order valence-corrected chi connectivity index (χ0v) is 14.8. The molecule has 1 fully saturated rings. The Morgan fingerprint density at radius 2 is 2.15 bits per heavy atom. The van der Waals surface area contributed by atoms with E-state index in [1.807, 2.05) is 0 Å². The van der Waals surface area contributed by atoms with Gasteiger partial charge in [0.05, 0.1) is 24.6 Å². The lowest BCUT2D eigenvalue weighted by Crippen LogP contribution is -2.35. The summed E-state index contributed by atoms with van der Waals surface area (Å²) in [4.78, 5) is 27.2. The van der Waals surface area contributed by atoms with Crippen molar-refractivity contribution in [1.29, 1.82) is 0 Å². The number of alkyl halides is 2. The van der Waals surface area contributed by atoms with Gasteiger partial charge in [0, 0.05) is 11.6 Å². The van der Waals surface area contributed by atoms with Crippen LogP contribution in [0.25, 0.3) is 10.8 Å². The normalized spacial score (nSPS) is 21.1. The molecule has 9 heteroatoms. The minimum absolute atomic E-state index is 0.124. The molecule has 2 aromatic rings. The fraction of sp³-hybridized carbons (Fsp3) is 0.389. The second-order valence-corrected chi connectivity index (χ2v) is 6.28. The molecular weight excluding hydrogens is 360 g/mol. The number of ether oxygens (including phenoxy) is 2. The number of pyridine rings is 1. The van der Waals surface area contributed by atoms with E-state index in [1.165, 1.54) is 13.3 Å². The first-order chi connectivity index (χ1) is 12.8. The highest BCUT2D eigenvalue weighted by molar-refractivity contribution is 6.01. The summed E-state index contributed by atoms with van der Waals surface area (Å²) in [6.07, 6.45) is 1.59. The Morgan fingerprint density at radius 3 is 2.78 bits per heavy atom. The lowest BCUT2D eigenvalue weighted by atomic mass is 9.95. The van der Waals surface area contributed by atoms with Gasteiger partial charge in [-0.05, 0) is 30.0 Å². The topological polar surface area (TPSA) is 104 Å². The molecule has 1 aliphatic heterocycles. The number of halogens is 2. The number of hydrogen-bond donors (Lipinski definition) is 2. The summed E-state index contributed by atoms with van der Waals surface area (Å²) in [7, 11) is 1.40. The van der Waals surface area contributed by atoms with Crippen LogP contribution < -0.4 is 20.5 Å². The predicted octanol–water partition coefficient (Wildman–Crippen LogP) is 1.88. The van der Waals surface area contributed by atoms with Crippen molar-refractivity contribution < 1.29 is 27.8 Å². The Balaban J connectivity index is 1.89. The number of nitrogens with one attached hydrogen (secondary N) is 1. The van der Waals surface area contributed by atoms with Crippen LogP contribution in [0.4, 0.5) is 8.78 Å². The van der Waals surface area contributed by atoms with Crippen LogP contribution in [0.1, 0.15) is 23.7 Å². The molecule has 7 nitrogen and oxygen atoms in total. The van der Waals surface area contributed by atoms with Crippen LogP contribution in [0.2, 0.25) is 0 Å². The van der Waals surface area contributed by atoms with Gasteiger partial charge in [0.15, 0.2) is 0 Å². The van der Waals surface area contributed by atoms with Gasteiger partial charge in [0.25, 0.3) is 11.8 Å². The molecular formula is C18H19F2N3O4. The number of rotatable bonds is 6. The van der Waals surface area contributed by atoms with E-state index in [1.54, 1.807) is 25.1 Å². The number of benzene rings is 1. The first kappa shape index (κ1) is 18.8. The summed E-state index contributed by atoms with van der Waals surface area (Å²) < 4.78 is 38.6. The minimum Gasteiger partial charge on any atom is -0.496 e. The number of carbonyl (C=O) groups excluding carboxylic acids is 2. The molecule has 1 aromatic heterocycles. The number of fused-ring (bicyclic) bond motifs is 1. The number of aromatic nitrogens is 1. The minimum atomic E-state index is -3.42. The van der Waals surface area contributed by atoms with Gasteiger partial charge in [0.1, 0.15) is 12.4 Å². The molecule has 0 saturated carbocycles. The van der Waals surface area contributed by atoms with E-state index < -0.39 is 29.7 Å². The Kier molecular flexibility index (Phi) is 4.86. The maximum absolute atomic E-state index is 13.9. The SMILES string of the molecule is CC[C@H]1[C@@H](COc2nccc3cc(C(N)=O)c(OC)cc23)NC(=O)C1(F)F.